The number of hydrogen-bond donors (Lipinski definition) is 0. The summed E-state index contributed by atoms with van der Waals surface area (Å²) in [7, 11) is 0. The number of carbonyl (C=O) groups excluding carboxylic acids is 2. The van der Waals surface area contributed by atoms with E-state index in [4.69, 9.17) is 9.47 Å². The Bertz CT molecular complexity index is 416. The van der Waals surface area contributed by atoms with Crippen LogP contribution in [-0.2, 0) is 19.1 Å². The first-order valence-electron chi connectivity index (χ1n) is 15.1. The minimum Gasteiger partial charge on any atom is -0.466 e. The quantitative estimate of drug-likeness (QED) is 0.0768. The maximum Gasteiger partial charge on any atom is 0.305 e. The van der Waals surface area contributed by atoms with Gasteiger partial charge in [-0.05, 0) is 50.0 Å². The van der Waals surface area contributed by atoms with Gasteiger partial charge < -0.3 is 9.47 Å². The van der Waals surface area contributed by atoms with Crippen LogP contribution >= 0.6 is 11.8 Å². The summed E-state index contributed by atoms with van der Waals surface area (Å²) >= 11 is 2.13. The summed E-state index contributed by atoms with van der Waals surface area (Å²) in [5.41, 5.74) is 0. The molecule has 0 heterocycles. The lowest BCUT2D eigenvalue weighted by molar-refractivity contribution is -0.144. The van der Waals surface area contributed by atoms with Crippen molar-refractivity contribution < 1.29 is 19.1 Å². The molecule has 35 heavy (non-hydrogen) atoms. The topological polar surface area (TPSA) is 52.6 Å². The van der Waals surface area contributed by atoms with Crippen molar-refractivity contribution in [2.24, 2.45) is 0 Å². The number of hydrogen-bond acceptors (Lipinski definition) is 5. The van der Waals surface area contributed by atoms with Gasteiger partial charge in [0.1, 0.15) is 0 Å². The van der Waals surface area contributed by atoms with E-state index in [0.29, 0.717) is 26.1 Å². The van der Waals surface area contributed by atoms with Crippen LogP contribution in [0.25, 0.3) is 0 Å². The zero-order chi connectivity index (χ0) is 25.7. The van der Waals surface area contributed by atoms with Crippen LogP contribution in [0.5, 0.6) is 0 Å². The maximum atomic E-state index is 11.5. The van der Waals surface area contributed by atoms with Crippen LogP contribution in [0.15, 0.2) is 0 Å². The predicted octanol–water partition coefficient (Wildman–Crippen LogP) is 9.43. The Morgan fingerprint density at radius 1 is 0.457 bits per heavy atom. The van der Waals surface area contributed by atoms with Crippen molar-refractivity contribution in [1.82, 2.24) is 0 Å². The fourth-order valence-electron chi connectivity index (χ4n) is 3.98. The molecule has 0 aliphatic carbocycles. The van der Waals surface area contributed by atoms with Gasteiger partial charge in [-0.3, -0.25) is 9.59 Å². The van der Waals surface area contributed by atoms with Gasteiger partial charge in [0.2, 0.25) is 0 Å². The normalized spacial score (nSPS) is 11.0. The molecule has 0 saturated carbocycles. The van der Waals surface area contributed by atoms with Gasteiger partial charge in [0.15, 0.2) is 0 Å². The number of ether oxygens (including phenoxy) is 2. The summed E-state index contributed by atoms with van der Waals surface area (Å²) in [5, 5.41) is 0. The third-order valence-electron chi connectivity index (χ3n) is 6.36. The molecule has 0 saturated heterocycles. The van der Waals surface area contributed by atoms with Gasteiger partial charge in [-0.25, -0.2) is 0 Å². The molecule has 0 rings (SSSR count). The average Bonchev–Trinajstić information content (AvgIpc) is 2.85. The van der Waals surface area contributed by atoms with Gasteiger partial charge >= 0.3 is 11.9 Å². The Morgan fingerprint density at radius 2 is 0.771 bits per heavy atom. The molecule has 0 aromatic rings. The molecular formula is C30H58O4S. The molecule has 208 valence electrons. The van der Waals surface area contributed by atoms with Crippen LogP contribution in [0, 0.1) is 0 Å². The molecule has 5 heteroatoms. The Labute approximate surface area is 222 Å². The van der Waals surface area contributed by atoms with E-state index in [1.54, 1.807) is 0 Å². The van der Waals surface area contributed by atoms with Crippen molar-refractivity contribution in [3.05, 3.63) is 0 Å². The fourth-order valence-corrected chi connectivity index (χ4v) is 5.00. The van der Waals surface area contributed by atoms with Gasteiger partial charge in [-0.2, -0.15) is 11.8 Å². The maximum absolute atomic E-state index is 11.5. The SMILES string of the molecule is CCCCOC(=O)CCCCCCCCCCSCCCCCCCCCCC(=O)OCCCC. The van der Waals surface area contributed by atoms with Crippen molar-refractivity contribution in [1.29, 1.82) is 0 Å². The van der Waals surface area contributed by atoms with E-state index in [1.807, 2.05) is 0 Å². The summed E-state index contributed by atoms with van der Waals surface area (Å²) in [5.74, 6) is 2.61. The summed E-state index contributed by atoms with van der Waals surface area (Å²) in [6, 6.07) is 0. The molecule has 0 aliphatic rings. The third-order valence-corrected chi connectivity index (χ3v) is 7.52. The van der Waals surface area contributed by atoms with Gasteiger partial charge in [0.25, 0.3) is 0 Å². The lowest BCUT2D eigenvalue weighted by atomic mass is 10.1. The summed E-state index contributed by atoms with van der Waals surface area (Å²) < 4.78 is 10.4. The molecule has 0 N–H and O–H groups in total. The van der Waals surface area contributed by atoms with E-state index in [1.165, 1.54) is 88.6 Å². The second-order valence-electron chi connectivity index (χ2n) is 9.92. The van der Waals surface area contributed by atoms with Crippen LogP contribution < -0.4 is 0 Å². The number of carbonyl (C=O) groups is 2. The summed E-state index contributed by atoms with van der Waals surface area (Å²) in [4.78, 5) is 23.0. The molecule has 0 radical (unpaired) electrons. The number of unbranched alkanes of at least 4 members (excludes halogenated alkanes) is 16. The monoisotopic (exact) mass is 514 g/mol. The van der Waals surface area contributed by atoms with Crippen LogP contribution in [0.3, 0.4) is 0 Å². The Morgan fingerprint density at radius 3 is 1.11 bits per heavy atom. The predicted molar refractivity (Wildman–Crippen MR) is 152 cm³/mol. The first-order chi connectivity index (χ1) is 17.2. The van der Waals surface area contributed by atoms with Crippen LogP contribution in [0.2, 0.25) is 0 Å². The minimum absolute atomic E-state index is 0.0130. The van der Waals surface area contributed by atoms with Gasteiger partial charge in [0.05, 0.1) is 13.2 Å². The lowest BCUT2D eigenvalue weighted by Crippen LogP contribution is -2.05. The Balaban J connectivity index is 3.12. The van der Waals surface area contributed by atoms with Crippen molar-refractivity contribution in [3.63, 3.8) is 0 Å². The molecule has 0 spiro atoms. The molecule has 0 aromatic carbocycles. The van der Waals surface area contributed by atoms with E-state index < -0.39 is 0 Å². The van der Waals surface area contributed by atoms with Gasteiger partial charge in [0, 0.05) is 12.8 Å². The number of rotatable bonds is 28. The van der Waals surface area contributed by atoms with E-state index in [2.05, 4.69) is 25.6 Å². The van der Waals surface area contributed by atoms with E-state index in [0.717, 1.165) is 51.4 Å². The highest BCUT2D eigenvalue weighted by molar-refractivity contribution is 7.99. The van der Waals surface area contributed by atoms with Gasteiger partial charge in [-0.15, -0.1) is 0 Å². The average molecular weight is 515 g/mol. The molecule has 0 bridgehead atoms. The zero-order valence-corrected chi connectivity index (χ0v) is 24.2. The number of thioether (sulfide) groups is 1. The van der Waals surface area contributed by atoms with Crippen LogP contribution in [-0.4, -0.2) is 36.7 Å². The van der Waals surface area contributed by atoms with Crippen molar-refractivity contribution in [3.8, 4) is 0 Å². The highest BCUT2D eigenvalue weighted by atomic mass is 32.2. The largest absolute Gasteiger partial charge is 0.466 e. The molecule has 0 aliphatic heterocycles. The molecule has 0 unspecified atom stereocenters. The lowest BCUT2D eigenvalue weighted by Gasteiger charge is -2.05. The summed E-state index contributed by atoms with van der Waals surface area (Å²) in [6.45, 7) is 5.41. The second kappa shape index (κ2) is 29.5. The van der Waals surface area contributed by atoms with E-state index in [-0.39, 0.29) is 11.9 Å². The first kappa shape index (κ1) is 34.3. The number of esters is 2. The van der Waals surface area contributed by atoms with E-state index in [9.17, 15) is 9.59 Å². The highest BCUT2D eigenvalue weighted by Gasteiger charge is 2.03. The standard InChI is InChI=1S/C30H58O4S/c1-3-5-25-33-29(31)23-19-15-11-7-9-13-17-21-27-35-28-22-18-14-10-8-12-16-20-24-30(32)34-26-6-4-2/h3-28H2,1-2H3. The van der Waals surface area contributed by atoms with Crippen molar-refractivity contribution >= 4 is 23.7 Å². The Hall–Kier alpha value is -0.710. The third kappa shape index (κ3) is 29.4. The highest BCUT2D eigenvalue weighted by Crippen LogP contribution is 2.15. The van der Waals surface area contributed by atoms with Gasteiger partial charge in [-0.1, -0.05) is 104 Å². The smallest absolute Gasteiger partial charge is 0.305 e. The minimum atomic E-state index is -0.0130. The molecule has 0 aromatic heterocycles. The van der Waals surface area contributed by atoms with E-state index >= 15 is 0 Å². The first-order valence-corrected chi connectivity index (χ1v) is 16.2. The summed E-state index contributed by atoms with van der Waals surface area (Å²) in [6.07, 6.45) is 25.6. The molecular weight excluding hydrogens is 456 g/mol. The molecule has 4 nitrogen and oxygen atoms in total. The van der Waals surface area contributed by atoms with Crippen molar-refractivity contribution in [2.75, 3.05) is 24.7 Å². The Kier molecular flexibility index (Phi) is 28.9. The molecule has 0 atom stereocenters. The molecule has 0 fully saturated rings. The van der Waals surface area contributed by atoms with Crippen LogP contribution in [0.1, 0.15) is 155 Å². The molecule has 0 amide bonds. The fraction of sp³-hybridized carbons (Fsp3) is 0.933. The van der Waals surface area contributed by atoms with Crippen LogP contribution in [0.4, 0.5) is 0 Å². The second-order valence-corrected chi connectivity index (χ2v) is 11.1. The zero-order valence-electron chi connectivity index (χ0n) is 23.4. The van der Waals surface area contributed by atoms with Crippen molar-refractivity contribution in [2.45, 2.75) is 155 Å².